The fourth-order valence-electron chi connectivity index (χ4n) is 3.70. The van der Waals surface area contributed by atoms with Crippen LogP contribution in [0.15, 0.2) is 70.0 Å². The Balaban J connectivity index is 2.18. The zero-order valence-corrected chi connectivity index (χ0v) is 17.6. The van der Waals surface area contributed by atoms with Crippen molar-refractivity contribution < 1.29 is 28.3 Å². The molecule has 2 aromatic heterocycles. The number of H-pyrrole nitrogens is 1. The number of nitrogens with zero attached hydrogens (tertiary/aromatic N) is 2. The van der Waals surface area contributed by atoms with E-state index >= 15 is 0 Å². The molecular formula is C23H20N3O6+. The highest BCUT2D eigenvalue weighted by atomic mass is 16.5. The van der Waals surface area contributed by atoms with Crippen LogP contribution in [0.4, 0.5) is 0 Å². The highest BCUT2D eigenvalue weighted by Gasteiger charge is 2.39. The smallest absolute Gasteiger partial charge is 0.437 e. The number of nitrogens with one attached hydrogen (secondary N) is 1. The molecule has 9 heteroatoms. The molecule has 0 radical (unpaired) electrons. The largest absolute Gasteiger partial charge is 0.465 e. The SMILES string of the molecule is COC(=O)c1c(C(=O)OC)c(-c2c(=O)o[nH][n+]2-c2ccccc2)n(-c2ccccc2)c1C. The highest BCUT2D eigenvalue weighted by Crippen LogP contribution is 2.33. The molecule has 2 aromatic carbocycles. The molecule has 0 aliphatic carbocycles. The van der Waals surface area contributed by atoms with Crippen molar-refractivity contribution in [2.24, 2.45) is 0 Å². The van der Waals surface area contributed by atoms with Crippen molar-refractivity contribution in [3.63, 3.8) is 0 Å². The van der Waals surface area contributed by atoms with Gasteiger partial charge in [0.25, 0.3) is 0 Å². The first kappa shape index (κ1) is 20.9. The van der Waals surface area contributed by atoms with Gasteiger partial charge in [-0.15, -0.1) is 0 Å². The van der Waals surface area contributed by atoms with E-state index in [4.69, 9.17) is 14.0 Å². The molecule has 2 heterocycles. The predicted molar refractivity (Wildman–Crippen MR) is 113 cm³/mol. The Labute approximate surface area is 182 Å². The van der Waals surface area contributed by atoms with Gasteiger partial charge in [0.2, 0.25) is 5.69 Å². The van der Waals surface area contributed by atoms with Crippen LogP contribution in [-0.2, 0) is 9.47 Å². The number of hydrogen-bond donors (Lipinski definition) is 1. The summed E-state index contributed by atoms with van der Waals surface area (Å²) in [6, 6.07) is 18.0. The molecule has 0 saturated heterocycles. The molecule has 0 aliphatic rings. The number of benzene rings is 2. The van der Waals surface area contributed by atoms with Crippen LogP contribution in [0.5, 0.6) is 0 Å². The van der Waals surface area contributed by atoms with Crippen molar-refractivity contribution >= 4 is 11.9 Å². The quantitative estimate of drug-likeness (QED) is 0.382. The first-order valence-electron chi connectivity index (χ1n) is 9.66. The molecular weight excluding hydrogens is 414 g/mol. The van der Waals surface area contributed by atoms with Crippen molar-refractivity contribution in [2.75, 3.05) is 14.2 Å². The minimum Gasteiger partial charge on any atom is -0.465 e. The van der Waals surface area contributed by atoms with Gasteiger partial charge in [0.1, 0.15) is 11.3 Å². The molecule has 1 N–H and O–H groups in total. The van der Waals surface area contributed by atoms with E-state index in [2.05, 4.69) is 5.27 Å². The standard InChI is InChI=1S/C23H19N3O6/c1-14-17(21(27)30-2)18(22(28)31-3)19(25(14)15-10-6-4-7-11-15)20-23(29)32-24-26(20)16-12-8-5-9-13-16/h4-13H,1-3H3/p+1. The number of esters is 2. The van der Waals surface area contributed by atoms with Gasteiger partial charge in [-0.3, -0.25) is 4.52 Å². The minimum atomic E-state index is -0.793. The zero-order valence-electron chi connectivity index (χ0n) is 17.6. The molecule has 4 rings (SSSR count). The van der Waals surface area contributed by atoms with Crippen molar-refractivity contribution in [3.8, 4) is 22.8 Å². The van der Waals surface area contributed by atoms with Crippen molar-refractivity contribution in [2.45, 2.75) is 6.92 Å². The lowest BCUT2D eigenvalue weighted by atomic mass is 10.1. The number of carbonyl (C=O) groups is 2. The van der Waals surface area contributed by atoms with Gasteiger partial charge < -0.3 is 14.0 Å². The monoisotopic (exact) mass is 434 g/mol. The molecule has 4 aromatic rings. The molecule has 0 amide bonds. The lowest BCUT2D eigenvalue weighted by Crippen LogP contribution is -2.37. The number of methoxy groups -OCH3 is 2. The maximum Gasteiger partial charge on any atom is 0.437 e. The number of rotatable bonds is 5. The van der Waals surface area contributed by atoms with Crippen molar-refractivity contribution in [1.82, 2.24) is 9.84 Å². The minimum absolute atomic E-state index is 0.00147. The topological polar surface area (TPSA) is 107 Å². The number of aromatic amines is 1. The second-order valence-electron chi connectivity index (χ2n) is 6.84. The van der Waals surface area contributed by atoms with Gasteiger partial charge >= 0.3 is 23.3 Å². The molecule has 0 spiro atoms. The van der Waals surface area contributed by atoms with E-state index in [1.165, 1.54) is 18.9 Å². The summed E-state index contributed by atoms with van der Waals surface area (Å²) < 4.78 is 18.1. The van der Waals surface area contributed by atoms with E-state index in [1.807, 2.05) is 12.1 Å². The van der Waals surface area contributed by atoms with Crippen LogP contribution in [0.3, 0.4) is 0 Å². The maximum atomic E-state index is 12.9. The summed E-state index contributed by atoms with van der Waals surface area (Å²) >= 11 is 0. The number of ether oxygens (including phenoxy) is 2. The van der Waals surface area contributed by atoms with Crippen LogP contribution < -0.4 is 10.3 Å². The number of hydrogen-bond acceptors (Lipinski definition) is 6. The molecule has 9 nitrogen and oxygen atoms in total. The summed E-state index contributed by atoms with van der Waals surface area (Å²) in [6.45, 7) is 1.66. The van der Waals surface area contributed by atoms with E-state index in [1.54, 1.807) is 60.0 Å². The van der Waals surface area contributed by atoms with Crippen LogP contribution in [0.25, 0.3) is 22.8 Å². The number of para-hydroxylation sites is 2. The Kier molecular flexibility index (Phi) is 5.46. The number of carbonyl (C=O) groups excluding carboxylic acids is 2. The fourth-order valence-corrected chi connectivity index (χ4v) is 3.70. The first-order chi connectivity index (χ1) is 15.5. The van der Waals surface area contributed by atoms with E-state index in [-0.39, 0.29) is 22.5 Å². The highest BCUT2D eigenvalue weighted by molar-refractivity contribution is 6.08. The Morgan fingerprint density at radius 3 is 2.06 bits per heavy atom. The molecule has 0 unspecified atom stereocenters. The van der Waals surface area contributed by atoms with Gasteiger partial charge in [-0.25, -0.2) is 14.4 Å². The summed E-state index contributed by atoms with van der Waals surface area (Å²) in [6.07, 6.45) is 0. The molecule has 0 aliphatic heterocycles. The Morgan fingerprint density at radius 2 is 1.47 bits per heavy atom. The summed E-state index contributed by atoms with van der Waals surface area (Å²) in [4.78, 5) is 38.6. The van der Waals surface area contributed by atoms with Crippen LogP contribution in [-0.4, -0.2) is 36.0 Å². The third-order valence-electron chi connectivity index (χ3n) is 5.09. The van der Waals surface area contributed by atoms with E-state index in [0.29, 0.717) is 17.1 Å². The summed E-state index contributed by atoms with van der Waals surface area (Å²) in [7, 11) is 2.42. The van der Waals surface area contributed by atoms with Gasteiger partial charge in [0, 0.05) is 23.5 Å². The average Bonchev–Trinajstić information content (AvgIpc) is 3.35. The van der Waals surface area contributed by atoms with Crippen molar-refractivity contribution in [3.05, 3.63) is 87.9 Å². The lowest BCUT2D eigenvalue weighted by molar-refractivity contribution is -0.660. The molecule has 0 fully saturated rings. The summed E-state index contributed by atoms with van der Waals surface area (Å²) in [5, 5.41) is 2.57. The normalized spacial score (nSPS) is 10.7. The second-order valence-corrected chi connectivity index (χ2v) is 6.84. The lowest BCUT2D eigenvalue weighted by Gasteiger charge is -2.09. The van der Waals surface area contributed by atoms with Crippen LogP contribution in [0, 0.1) is 6.92 Å². The Bertz CT molecular complexity index is 1350. The van der Waals surface area contributed by atoms with Crippen LogP contribution in [0.1, 0.15) is 26.4 Å². The summed E-state index contributed by atoms with van der Waals surface area (Å²) in [5.74, 6) is -1.52. The van der Waals surface area contributed by atoms with Gasteiger partial charge in [-0.05, 0) is 29.0 Å². The predicted octanol–water partition coefficient (Wildman–Crippen LogP) is 2.58. The molecule has 162 valence electrons. The third kappa shape index (κ3) is 3.29. The summed E-state index contributed by atoms with van der Waals surface area (Å²) in [5.41, 5.74) is 0.931. The molecule has 0 bridgehead atoms. The van der Waals surface area contributed by atoms with Gasteiger partial charge in [-0.1, -0.05) is 36.4 Å². The molecule has 32 heavy (non-hydrogen) atoms. The molecule has 0 saturated carbocycles. The third-order valence-corrected chi connectivity index (χ3v) is 5.09. The van der Waals surface area contributed by atoms with E-state index in [9.17, 15) is 14.4 Å². The first-order valence-corrected chi connectivity index (χ1v) is 9.66. The Morgan fingerprint density at radius 1 is 0.906 bits per heavy atom. The van der Waals surface area contributed by atoms with Crippen molar-refractivity contribution in [1.29, 1.82) is 0 Å². The van der Waals surface area contributed by atoms with Gasteiger partial charge in [0.05, 0.1) is 19.8 Å². The zero-order chi connectivity index (χ0) is 22.8. The number of aromatic nitrogens is 3. The van der Waals surface area contributed by atoms with Gasteiger partial charge in [0.15, 0.2) is 0 Å². The Hall–Kier alpha value is -4.40. The van der Waals surface area contributed by atoms with Gasteiger partial charge in [-0.2, -0.15) is 0 Å². The van der Waals surface area contributed by atoms with Crippen LogP contribution >= 0.6 is 0 Å². The van der Waals surface area contributed by atoms with E-state index < -0.39 is 17.6 Å². The van der Waals surface area contributed by atoms with Crippen LogP contribution in [0.2, 0.25) is 0 Å². The maximum absolute atomic E-state index is 12.9. The average molecular weight is 434 g/mol. The van der Waals surface area contributed by atoms with E-state index in [0.717, 1.165) is 0 Å². The molecule has 0 atom stereocenters. The second kappa shape index (κ2) is 8.38. The fraction of sp³-hybridized carbons (Fsp3) is 0.130.